The van der Waals surface area contributed by atoms with Crippen LogP contribution in [0.15, 0.2) is 48.5 Å². The summed E-state index contributed by atoms with van der Waals surface area (Å²) in [6.45, 7) is 4.00. The summed E-state index contributed by atoms with van der Waals surface area (Å²) in [6.07, 6.45) is 0.894. The molecule has 118 valence electrons. The van der Waals surface area contributed by atoms with Crippen LogP contribution in [0.1, 0.15) is 25.8 Å². The summed E-state index contributed by atoms with van der Waals surface area (Å²) in [5.41, 5.74) is 2.71. The van der Waals surface area contributed by atoms with Gasteiger partial charge < -0.3 is 10.1 Å². The molecule has 2 aromatic carbocycles. The zero-order valence-corrected chi connectivity index (χ0v) is 13.4. The highest BCUT2D eigenvalue weighted by molar-refractivity contribution is 5.77. The highest BCUT2D eigenvalue weighted by Crippen LogP contribution is 2.22. The van der Waals surface area contributed by atoms with Gasteiger partial charge in [0.25, 0.3) is 5.91 Å². The van der Waals surface area contributed by atoms with Crippen LogP contribution in [0.4, 0.5) is 0 Å². The van der Waals surface area contributed by atoms with Crippen molar-refractivity contribution in [3.63, 3.8) is 0 Å². The zero-order chi connectivity index (χ0) is 16.7. The van der Waals surface area contributed by atoms with E-state index in [1.54, 1.807) is 12.1 Å². The highest BCUT2D eigenvalue weighted by Gasteiger charge is 2.06. The van der Waals surface area contributed by atoms with Crippen LogP contribution in [0.3, 0.4) is 0 Å². The molecule has 4 heteroatoms. The molecule has 0 radical (unpaired) electrons. The van der Waals surface area contributed by atoms with Gasteiger partial charge in [-0.05, 0) is 48.7 Å². The fourth-order valence-electron chi connectivity index (χ4n) is 2.05. The SMILES string of the molecule is CCC(C)NC(=O)COc1ccc(-c2ccc(C#N)cc2)cc1. The van der Waals surface area contributed by atoms with Crippen molar-refractivity contribution in [2.75, 3.05) is 6.61 Å². The number of rotatable bonds is 6. The molecule has 0 aliphatic carbocycles. The molecule has 2 rings (SSSR count). The molecule has 23 heavy (non-hydrogen) atoms. The minimum Gasteiger partial charge on any atom is -0.484 e. The molecule has 0 heterocycles. The number of nitriles is 1. The molecule has 0 fully saturated rings. The summed E-state index contributed by atoms with van der Waals surface area (Å²) < 4.78 is 5.49. The quantitative estimate of drug-likeness (QED) is 0.888. The van der Waals surface area contributed by atoms with Crippen LogP contribution in [0.25, 0.3) is 11.1 Å². The van der Waals surface area contributed by atoms with Crippen molar-refractivity contribution < 1.29 is 9.53 Å². The lowest BCUT2D eigenvalue weighted by molar-refractivity contribution is -0.123. The minimum absolute atomic E-state index is 0.0144. The first kappa shape index (κ1) is 16.6. The maximum Gasteiger partial charge on any atom is 0.258 e. The second kappa shape index (κ2) is 8.00. The number of nitrogens with zero attached hydrogens (tertiary/aromatic N) is 1. The third kappa shape index (κ3) is 4.86. The van der Waals surface area contributed by atoms with Crippen molar-refractivity contribution in [2.24, 2.45) is 0 Å². The van der Waals surface area contributed by atoms with E-state index < -0.39 is 0 Å². The van der Waals surface area contributed by atoms with Crippen LogP contribution in [-0.4, -0.2) is 18.6 Å². The Hall–Kier alpha value is -2.80. The number of amides is 1. The van der Waals surface area contributed by atoms with Gasteiger partial charge in [0.15, 0.2) is 6.61 Å². The number of nitrogens with one attached hydrogen (secondary N) is 1. The van der Waals surface area contributed by atoms with Crippen molar-refractivity contribution in [3.8, 4) is 22.9 Å². The van der Waals surface area contributed by atoms with E-state index in [1.165, 1.54) is 0 Å². The number of carbonyl (C=O) groups excluding carboxylic acids is 1. The first-order valence-electron chi connectivity index (χ1n) is 7.65. The first-order chi connectivity index (χ1) is 11.1. The smallest absolute Gasteiger partial charge is 0.258 e. The fraction of sp³-hybridized carbons (Fsp3) is 0.263. The summed E-state index contributed by atoms with van der Waals surface area (Å²) in [6, 6.07) is 17.2. The molecule has 1 amide bonds. The monoisotopic (exact) mass is 308 g/mol. The second-order valence-corrected chi connectivity index (χ2v) is 5.38. The third-order valence-corrected chi connectivity index (χ3v) is 3.59. The van der Waals surface area contributed by atoms with Crippen molar-refractivity contribution in [3.05, 3.63) is 54.1 Å². The van der Waals surface area contributed by atoms with E-state index in [0.29, 0.717) is 11.3 Å². The number of hydrogen-bond donors (Lipinski definition) is 1. The van der Waals surface area contributed by atoms with Crippen LogP contribution < -0.4 is 10.1 Å². The predicted octanol–water partition coefficient (Wildman–Crippen LogP) is 3.52. The highest BCUT2D eigenvalue weighted by atomic mass is 16.5. The maximum absolute atomic E-state index is 11.7. The van der Waals surface area contributed by atoms with E-state index in [1.807, 2.05) is 50.2 Å². The van der Waals surface area contributed by atoms with Crippen molar-refractivity contribution in [1.82, 2.24) is 5.32 Å². The molecule has 2 aromatic rings. The molecular weight excluding hydrogens is 288 g/mol. The number of hydrogen-bond acceptors (Lipinski definition) is 3. The van der Waals surface area contributed by atoms with Gasteiger partial charge in [0.1, 0.15) is 5.75 Å². The van der Waals surface area contributed by atoms with Gasteiger partial charge in [-0.2, -0.15) is 5.26 Å². The standard InChI is InChI=1S/C19H20N2O2/c1-3-14(2)21-19(22)13-23-18-10-8-17(9-11-18)16-6-4-15(12-20)5-7-16/h4-11,14H,3,13H2,1-2H3,(H,21,22). The Morgan fingerprint density at radius 1 is 1.13 bits per heavy atom. The summed E-state index contributed by atoms with van der Waals surface area (Å²) in [7, 11) is 0. The lowest BCUT2D eigenvalue weighted by atomic mass is 10.0. The van der Waals surface area contributed by atoms with Gasteiger partial charge in [-0.25, -0.2) is 0 Å². The number of benzene rings is 2. The zero-order valence-electron chi connectivity index (χ0n) is 13.4. The Bertz CT molecular complexity index is 685. The van der Waals surface area contributed by atoms with Gasteiger partial charge in [0, 0.05) is 6.04 Å². The summed E-state index contributed by atoms with van der Waals surface area (Å²) >= 11 is 0. The maximum atomic E-state index is 11.7. The van der Waals surface area contributed by atoms with Crippen molar-refractivity contribution in [2.45, 2.75) is 26.3 Å². The van der Waals surface area contributed by atoms with Gasteiger partial charge >= 0.3 is 0 Å². The molecule has 0 aliphatic rings. The largest absolute Gasteiger partial charge is 0.484 e. The normalized spacial score (nSPS) is 11.3. The molecule has 0 aromatic heterocycles. The lowest BCUT2D eigenvalue weighted by Crippen LogP contribution is -2.35. The minimum atomic E-state index is -0.115. The van der Waals surface area contributed by atoms with Crippen LogP contribution in [0, 0.1) is 11.3 Å². The molecule has 1 atom stereocenters. The Labute approximate surface area is 136 Å². The van der Waals surface area contributed by atoms with Gasteiger partial charge in [0.2, 0.25) is 0 Å². The van der Waals surface area contributed by atoms with Crippen molar-refractivity contribution >= 4 is 5.91 Å². The molecule has 0 saturated heterocycles. The summed E-state index contributed by atoms with van der Waals surface area (Å²) in [4.78, 5) is 11.7. The Morgan fingerprint density at radius 2 is 1.70 bits per heavy atom. The first-order valence-corrected chi connectivity index (χ1v) is 7.65. The van der Waals surface area contributed by atoms with Gasteiger partial charge in [-0.3, -0.25) is 4.79 Å². The molecular formula is C19H20N2O2. The van der Waals surface area contributed by atoms with Crippen molar-refractivity contribution in [1.29, 1.82) is 5.26 Å². The van der Waals surface area contributed by atoms with Gasteiger partial charge in [-0.15, -0.1) is 0 Å². The third-order valence-electron chi connectivity index (χ3n) is 3.59. The second-order valence-electron chi connectivity index (χ2n) is 5.38. The molecule has 1 N–H and O–H groups in total. The van der Waals surface area contributed by atoms with Crippen LogP contribution in [0.2, 0.25) is 0 Å². The Kier molecular flexibility index (Phi) is 5.76. The van der Waals surface area contributed by atoms with Crippen LogP contribution in [-0.2, 0) is 4.79 Å². The van der Waals surface area contributed by atoms with Gasteiger partial charge in [0.05, 0.1) is 11.6 Å². The number of carbonyl (C=O) groups is 1. The van der Waals surface area contributed by atoms with Crippen LogP contribution in [0.5, 0.6) is 5.75 Å². The van der Waals surface area contributed by atoms with E-state index in [2.05, 4.69) is 11.4 Å². The van der Waals surface area contributed by atoms with E-state index in [0.717, 1.165) is 17.5 Å². The van der Waals surface area contributed by atoms with E-state index in [9.17, 15) is 4.79 Å². The van der Waals surface area contributed by atoms with E-state index >= 15 is 0 Å². The average Bonchev–Trinajstić information content (AvgIpc) is 2.60. The lowest BCUT2D eigenvalue weighted by Gasteiger charge is -2.12. The summed E-state index contributed by atoms with van der Waals surface area (Å²) in [5, 5.41) is 11.7. The predicted molar refractivity (Wildman–Crippen MR) is 90.0 cm³/mol. The van der Waals surface area contributed by atoms with Crippen LogP contribution >= 0.6 is 0 Å². The molecule has 1 unspecified atom stereocenters. The van der Waals surface area contributed by atoms with Gasteiger partial charge in [-0.1, -0.05) is 31.2 Å². The Morgan fingerprint density at radius 3 is 2.22 bits per heavy atom. The molecule has 4 nitrogen and oxygen atoms in total. The molecule has 0 saturated carbocycles. The molecule has 0 spiro atoms. The average molecular weight is 308 g/mol. The van der Waals surface area contributed by atoms with E-state index in [-0.39, 0.29) is 18.6 Å². The fourth-order valence-corrected chi connectivity index (χ4v) is 2.05. The topological polar surface area (TPSA) is 62.1 Å². The molecule has 0 bridgehead atoms. The molecule has 0 aliphatic heterocycles. The number of ether oxygens (including phenoxy) is 1. The van der Waals surface area contributed by atoms with E-state index in [4.69, 9.17) is 10.00 Å². The summed E-state index contributed by atoms with van der Waals surface area (Å²) in [5.74, 6) is 0.539. The Balaban J connectivity index is 1.94.